The summed E-state index contributed by atoms with van der Waals surface area (Å²) in [5, 5.41) is 9.47. The zero-order valence-electron chi connectivity index (χ0n) is 12.7. The van der Waals surface area contributed by atoms with Gasteiger partial charge in [-0.15, -0.1) is 0 Å². The topological polar surface area (TPSA) is 101 Å². The Morgan fingerprint density at radius 2 is 2.05 bits per heavy atom. The van der Waals surface area contributed by atoms with Gasteiger partial charge >= 0.3 is 5.97 Å². The third-order valence-corrected chi connectivity index (χ3v) is 5.33. The lowest BCUT2D eigenvalue weighted by atomic mass is 9.84. The SMILES string of the molecule is CC(C=CCCc1ccccc1)(C(=O)O)C(CCN)[PH](=O)O. The number of allylic oxidation sites excluding steroid dienone is 1. The minimum Gasteiger partial charge on any atom is -0.481 e. The second-order valence-electron chi connectivity index (χ2n) is 5.48. The molecular weight excluding hydrogens is 301 g/mol. The predicted molar refractivity (Wildman–Crippen MR) is 88.3 cm³/mol. The van der Waals surface area contributed by atoms with Gasteiger partial charge in [-0.1, -0.05) is 42.5 Å². The standard InChI is InChI=1S/C16H24NO4P/c1-16(15(18)19,14(10-12-17)22(20)21)11-6-5-9-13-7-3-2-4-8-13/h2-4,6-8,11,14,22H,5,9-10,12,17H2,1H3,(H,18,19)(H,20,21). The number of carboxylic acids is 1. The molecule has 5 nitrogen and oxygen atoms in total. The zero-order valence-corrected chi connectivity index (χ0v) is 13.7. The van der Waals surface area contributed by atoms with Crippen LogP contribution in [0.2, 0.25) is 0 Å². The maximum atomic E-state index is 11.6. The van der Waals surface area contributed by atoms with Crippen molar-refractivity contribution in [2.24, 2.45) is 11.1 Å². The lowest BCUT2D eigenvalue weighted by Crippen LogP contribution is -2.37. The van der Waals surface area contributed by atoms with Gasteiger partial charge in [-0.2, -0.15) is 0 Å². The van der Waals surface area contributed by atoms with Crippen LogP contribution in [0.4, 0.5) is 0 Å². The molecule has 3 unspecified atom stereocenters. The van der Waals surface area contributed by atoms with Gasteiger partial charge in [0.05, 0.1) is 11.1 Å². The van der Waals surface area contributed by atoms with Crippen molar-refractivity contribution in [1.82, 2.24) is 0 Å². The molecule has 0 spiro atoms. The molecule has 0 heterocycles. The molecular formula is C16H24NO4P. The first kappa shape index (κ1) is 18.6. The maximum Gasteiger partial charge on any atom is 0.314 e. The molecule has 3 atom stereocenters. The first-order valence-corrected chi connectivity index (χ1v) is 8.73. The average Bonchev–Trinajstić information content (AvgIpc) is 2.49. The lowest BCUT2D eigenvalue weighted by molar-refractivity contribution is -0.145. The molecule has 0 amide bonds. The molecule has 0 aliphatic heterocycles. The first-order valence-electron chi connectivity index (χ1n) is 7.29. The van der Waals surface area contributed by atoms with E-state index in [0.717, 1.165) is 6.42 Å². The van der Waals surface area contributed by atoms with E-state index in [2.05, 4.69) is 0 Å². The summed E-state index contributed by atoms with van der Waals surface area (Å²) in [7, 11) is -2.99. The molecule has 0 aromatic heterocycles. The smallest absolute Gasteiger partial charge is 0.314 e. The summed E-state index contributed by atoms with van der Waals surface area (Å²) >= 11 is 0. The van der Waals surface area contributed by atoms with Crippen LogP contribution in [0.25, 0.3) is 0 Å². The normalized spacial score (nSPS) is 17.0. The highest BCUT2D eigenvalue weighted by Gasteiger charge is 2.41. The highest BCUT2D eigenvalue weighted by molar-refractivity contribution is 7.39. The molecule has 0 fully saturated rings. The fourth-order valence-electron chi connectivity index (χ4n) is 2.41. The van der Waals surface area contributed by atoms with E-state index in [1.54, 1.807) is 6.08 Å². The van der Waals surface area contributed by atoms with Gasteiger partial charge in [-0.05, 0) is 38.3 Å². The number of aliphatic carboxylic acids is 1. The van der Waals surface area contributed by atoms with Crippen molar-refractivity contribution >= 4 is 14.0 Å². The number of rotatable bonds is 9. The minimum atomic E-state index is -2.99. The van der Waals surface area contributed by atoms with Crippen LogP contribution in [0.3, 0.4) is 0 Å². The van der Waals surface area contributed by atoms with Crippen LogP contribution in [-0.2, 0) is 15.8 Å². The molecule has 22 heavy (non-hydrogen) atoms. The summed E-state index contributed by atoms with van der Waals surface area (Å²) in [6, 6.07) is 9.87. The third kappa shape index (κ3) is 5.09. The Labute approximate surface area is 131 Å². The third-order valence-electron chi connectivity index (χ3n) is 3.84. The Bertz CT molecular complexity index is 532. The molecule has 1 aromatic rings. The molecule has 1 rings (SSSR count). The van der Waals surface area contributed by atoms with Crippen LogP contribution < -0.4 is 5.73 Å². The number of carboxylic acid groups (broad SMARTS) is 1. The number of hydrogen-bond acceptors (Lipinski definition) is 3. The van der Waals surface area contributed by atoms with Gasteiger partial charge in [0, 0.05) is 0 Å². The van der Waals surface area contributed by atoms with Crippen molar-refractivity contribution in [3.63, 3.8) is 0 Å². The Morgan fingerprint density at radius 1 is 1.41 bits per heavy atom. The highest BCUT2D eigenvalue weighted by atomic mass is 31.1. The highest BCUT2D eigenvalue weighted by Crippen LogP contribution is 2.41. The van der Waals surface area contributed by atoms with E-state index in [9.17, 15) is 19.4 Å². The van der Waals surface area contributed by atoms with E-state index in [1.165, 1.54) is 18.6 Å². The van der Waals surface area contributed by atoms with Crippen molar-refractivity contribution < 1.29 is 19.4 Å². The van der Waals surface area contributed by atoms with Gasteiger partial charge in [-0.25, -0.2) is 0 Å². The molecule has 0 saturated carbocycles. The van der Waals surface area contributed by atoms with Crippen molar-refractivity contribution in [2.45, 2.75) is 31.8 Å². The Hall–Kier alpha value is -1.42. The van der Waals surface area contributed by atoms with Crippen LogP contribution in [-0.4, -0.2) is 28.2 Å². The summed E-state index contributed by atoms with van der Waals surface area (Å²) < 4.78 is 11.5. The Balaban J connectivity index is 2.79. The molecule has 0 aliphatic carbocycles. The van der Waals surface area contributed by atoms with Crippen LogP contribution in [0.15, 0.2) is 42.5 Å². The molecule has 122 valence electrons. The fraction of sp³-hybridized carbons (Fsp3) is 0.438. The maximum absolute atomic E-state index is 11.6. The van der Waals surface area contributed by atoms with E-state index in [0.29, 0.717) is 6.42 Å². The molecule has 1 aromatic carbocycles. The summed E-state index contributed by atoms with van der Waals surface area (Å²) in [5.41, 5.74) is 4.38. The van der Waals surface area contributed by atoms with E-state index >= 15 is 0 Å². The fourth-order valence-corrected chi connectivity index (χ4v) is 3.55. The molecule has 4 N–H and O–H groups in total. The lowest BCUT2D eigenvalue weighted by Gasteiger charge is -2.29. The number of carbonyl (C=O) groups is 1. The Kier molecular flexibility index (Phi) is 7.52. The monoisotopic (exact) mass is 325 g/mol. The average molecular weight is 325 g/mol. The molecule has 0 saturated heterocycles. The van der Waals surface area contributed by atoms with Gasteiger partial charge in [-0.3, -0.25) is 9.36 Å². The molecule has 0 radical (unpaired) electrons. The number of nitrogens with two attached hydrogens (primary N) is 1. The van der Waals surface area contributed by atoms with Gasteiger partial charge in [0.25, 0.3) is 0 Å². The summed E-state index contributed by atoms with van der Waals surface area (Å²) in [6.07, 6.45) is 4.99. The second kappa shape index (κ2) is 8.89. The second-order valence-corrected chi connectivity index (χ2v) is 6.86. The largest absolute Gasteiger partial charge is 0.481 e. The van der Waals surface area contributed by atoms with Crippen molar-refractivity contribution in [3.05, 3.63) is 48.0 Å². The van der Waals surface area contributed by atoms with Gasteiger partial charge in [0.1, 0.15) is 0 Å². The number of hydrogen-bond donors (Lipinski definition) is 3. The summed E-state index contributed by atoms with van der Waals surface area (Å²) in [4.78, 5) is 21.0. The van der Waals surface area contributed by atoms with E-state index < -0.39 is 25.1 Å². The van der Waals surface area contributed by atoms with Crippen molar-refractivity contribution in [3.8, 4) is 0 Å². The quantitative estimate of drug-likeness (QED) is 0.478. The van der Waals surface area contributed by atoms with E-state index in [1.807, 2.05) is 30.3 Å². The van der Waals surface area contributed by atoms with E-state index in [-0.39, 0.29) is 13.0 Å². The molecule has 0 aliphatic rings. The van der Waals surface area contributed by atoms with Crippen LogP contribution in [0, 0.1) is 5.41 Å². The predicted octanol–water partition coefficient (Wildman–Crippen LogP) is 2.45. The Morgan fingerprint density at radius 3 is 2.55 bits per heavy atom. The first-order chi connectivity index (χ1) is 10.4. The van der Waals surface area contributed by atoms with E-state index in [4.69, 9.17) is 5.73 Å². The van der Waals surface area contributed by atoms with Gasteiger partial charge < -0.3 is 15.7 Å². The van der Waals surface area contributed by atoms with Crippen LogP contribution >= 0.6 is 8.03 Å². The molecule has 0 bridgehead atoms. The van der Waals surface area contributed by atoms with Crippen LogP contribution in [0.5, 0.6) is 0 Å². The van der Waals surface area contributed by atoms with Crippen molar-refractivity contribution in [2.75, 3.05) is 6.54 Å². The van der Waals surface area contributed by atoms with Crippen LogP contribution in [0.1, 0.15) is 25.3 Å². The number of aryl methyl sites for hydroxylation is 1. The zero-order chi connectivity index (χ0) is 16.6. The molecule has 6 heteroatoms. The minimum absolute atomic E-state index is 0.183. The van der Waals surface area contributed by atoms with Gasteiger partial charge in [0.2, 0.25) is 0 Å². The van der Waals surface area contributed by atoms with Gasteiger partial charge in [0.15, 0.2) is 8.03 Å². The summed E-state index contributed by atoms with van der Waals surface area (Å²) in [6.45, 7) is 1.66. The summed E-state index contributed by atoms with van der Waals surface area (Å²) in [5.74, 6) is -1.10. The number of benzene rings is 1. The van der Waals surface area contributed by atoms with Crippen molar-refractivity contribution in [1.29, 1.82) is 0 Å².